The Morgan fingerprint density at radius 3 is 1.76 bits per heavy atom. The summed E-state index contributed by atoms with van der Waals surface area (Å²) in [5, 5.41) is 9.45. The fourth-order valence-electron chi connectivity index (χ4n) is 2.06. The second kappa shape index (κ2) is 7.31. The van der Waals surface area contributed by atoms with E-state index in [4.69, 9.17) is 0 Å². The third kappa shape index (κ3) is 5.63. The van der Waals surface area contributed by atoms with Crippen molar-refractivity contribution in [3.05, 3.63) is 65.2 Å². The van der Waals surface area contributed by atoms with E-state index in [2.05, 4.69) is 65.8 Å². The van der Waals surface area contributed by atoms with Crippen LogP contribution in [0.3, 0.4) is 0 Å². The fraction of sp³-hybridized carbons (Fsp3) is 0.400. The Morgan fingerprint density at radius 1 is 0.857 bits per heavy atom. The molecule has 0 radical (unpaired) electrons. The number of rotatable bonds is 1. The van der Waals surface area contributed by atoms with Crippen LogP contribution in [0.2, 0.25) is 0 Å². The zero-order chi connectivity index (χ0) is 16.0. The number of hydrogen-bond acceptors (Lipinski definition) is 1. The molecule has 2 rings (SSSR count). The predicted molar refractivity (Wildman–Crippen MR) is 92.1 cm³/mol. The van der Waals surface area contributed by atoms with Crippen LogP contribution in [0.5, 0.6) is 5.75 Å². The Hall–Kier alpha value is -1.76. The third-order valence-electron chi connectivity index (χ3n) is 3.46. The van der Waals surface area contributed by atoms with Gasteiger partial charge < -0.3 is 5.11 Å². The SMILES string of the molecule is CC(C)(C)c1ccccc1O.Cc1ccc(C(C)C)cc1. The molecule has 0 aliphatic carbocycles. The molecule has 0 saturated heterocycles. The normalized spacial score (nSPS) is 11.0. The van der Waals surface area contributed by atoms with E-state index in [9.17, 15) is 5.11 Å². The summed E-state index contributed by atoms with van der Waals surface area (Å²) in [4.78, 5) is 0. The first kappa shape index (κ1) is 17.3. The van der Waals surface area contributed by atoms with E-state index >= 15 is 0 Å². The number of aromatic hydroxyl groups is 1. The van der Waals surface area contributed by atoms with Crippen LogP contribution in [0, 0.1) is 6.92 Å². The maximum absolute atomic E-state index is 9.45. The summed E-state index contributed by atoms with van der Waals surface area (Å²) < 4.78 is 0. The van der Waals surface area contributed by atoms with Crippen LogP contribution in [-0.2, 0) is 5.41 Å². The lowest BCUT2D eigenvalue weighted by molar-refractivity contribution is 0.447. The first-order valence-corrected chi connectivity index (χ1v) is 7.57. The van der Waals surface area contributed by atoms with E-state index in [1.807, 2.05) is 18.2 Å². The van der Waals surface area contributed by atoms with Crippen LogP contribution in [0.25, 0.3) is 0 Å². The largest absolute Gasteiger partial charge is 0.508 e. The van der Waals surface area contributed by atoms with Gasteiger partial charge in [-0.15, -0.1) is 0 Å². The van der Waals surface area contributed by atoms with Gasteiger partial charge in [0.15, 0.2) is 0 Å². The lowest BCUT2D eigenvalue weighted by Gasteiger charge is -2.19. The molecule has 0 aliphatic heterocycles. The number of phenolic OH excluding ortho intramolecular Hbond substituents is 1. The van der Waals surface area contributed by atoms with Gasteiger partial charge in [0.25, 0.3) is 0 Å². The number of aryl methyl sites for hydroxylation is 1. The summed E-state index contributed by atoms with van der Waals surface area (Å²) in [5.74, 6) is 1.04. The number of phenols is 1. The van der Waals surface area contributed by atoms with E-state index in [-0.39, 0.29) is 5.41 Å². The fourth-order valence-corrected chi connectivity index (χ4v) is 2.06. The summed E-state index contributed by atoms with van der Waals surface area (Å²) in [6.07, 6.45) is 0. The first-order chi connectivity index (χ1) is 9.71. The molecule has 0 heterocycles. The monoisotopic (exact) mass is 284 g/mol. The van der Waals surface area contributed by atoms with Crippen LogP contribution in [0.15, 0.2) is 48.5 Å². The highest BCUT2D eigenvalue weighted by molar-refractivity contribution is 5.36. The van der Waals surface area contributed by atoms with Crippen molar-refractivity contribution in [1.29, 1.82) is 0 Å². The summed E-state index contributed by atoms with van der Waals surface area (Å²) in [6, 6.07) is 16.2. The van der Waals surface area contributed by atoms with Gasteiger partial charge in [-0.2, -0.15) is 0 Å². The zero-order valence-electron chi connectivity index (χ0n) is 14.1. The average molecular weight is 284 g/mol. The van der Waals surface area contributed by atoms with Crippen molar-refractivity contribution in [1.82, 2.24) is 0 Å². The van der Waals surface area contributed by atoms with Gasteiger partial charge >= 0.3 is 0 Å². The van der Waals surface area contributed by atoms with Crippen molar-refractivity contribution >= 4 is 0 Å². The maximum atomic E-state index is 9.45. The molecule has 2 aromatic rings. The lowest BCUT2D eigenvalue weighted by atomic mass is 9.86. The van der Waals surface area contributed by atoms with Gasteiger partial charge in [-0.05, 0) is 35.4 Å². The highest BCUT2D eigenvalue weighted by atomic mass is 16.3. The summed E-state index contributed by atoms with van der Waals surface area (Å²) in [7, 11) is 0. The second-order valence-electron chi connectivity index (χ2n) is 6.83. The second-order valence-corrected chi connectivity index (χ2v) is 6.83. The van der Waals surface area contributed by atoms with E-state index in [1.165, 1.54) is 11.1 Å². The Balaban J connectivity index is 0.000000211. The number of benzene rings is 2. The molecule has 0 fully saturated rings. The standard InChI is InChI=1S/C10H14O.C10H14/c1-10(2,3)8-6-4-5-7-9(8)11;1-8(2)10-6-4-9(3)5-7-10/h4-7,11H,1-3H3;4-8H,1-3H3. The summed E-state index contributed by atoms with van der Waals surface area (Å²) >= 11 is 0. The highest BCUT2D eigenvalue weighted by Crippen LogP contribution is 2.29. The van der Waals surface area contributed by atoms with E-state index in [1.54, 1.807) is 6.07 Å². The Kier molecular flexibility index (Phi) is 6.02. The van der Waals surface area contributed by atoms with Gasteiger partial charge in [-0.25, -0.2) is 0 Å². The molecule has 0 aromatic heterocycles. The van der Waals surface area contributed by atoms with Crippen molar-refractivity contribution in [3.63, 3.8) is 0 Å². The maximum Gasteiger partial charge on any atom is 0.119 e. The topological polar surface area (TPSA) is 20.2 Å². The van der Waals surface area contributed by atoms with Gasteiger partial charge in [0.05, 0.1) is 0 Å². The third-order valence-corrected chi connectivity index (χ3v) is 3.46. The van der Waals surface area contributed by atoms with Gasteiger partial charge in [-0.1, -0.05) is 82.6 Å². The zero-order valence-corrected chi connectivity index (χ0v) is 14.1. The molecule has 21 heavy (non-hydrogen) atoms. The predicted octanol–water partition coefficient (Wildman–Crippen LogP) is 5.81. The van der Waals surface area contributed by atoms with Crippen LogP contribution in [0.1, 0.15) is 57.2 Å². The molecule has 0 amide bonds. The molecular formula is C20H28O. The average Bonchev–Trinajstić information content (AvgIpc) is 2.39. The van der Waals surface area contributed by atoms with Crippen molar-refractivity contribution in [2.75, 3.05) is 0 Å². The molecule has 1 N–H and O–H groups in total. The molecule has 2 aromatic carbocycles. The summed E-state index contributed by atoms with van der Waals surface area (Å²) in [5.41, 5.74) is 3.79. The molecule has 0 aliphatic rings. The molecular weight excluding hydrogens is 256 g/mol. The molecule has 0 spiro atoms. The smallest absolute Gasteiger partial charge is 0.119 e. The molecule has 0 bridgehead atoms. The van der Waals surface area contributed by atoms with E-state index < -0.39 is 0 Å². The molecule has 0 saturated carbocycles. The minimum atomic E-state index is 0.0331. The van der Waals surface area contributed by atoms with Gasteiger partial charge in [0, 0.05) is 0 Å². The number of para-hydroxylation sites is 1. The van der Waals surface area contributed by atoms with Crippen molar-refractivity contribution < 1.29 is 5.11 Å². The molecule has 114 valence electrons. The van der Waals surface area contributed by atoms with Crippen LogP contribution < -0.4 is 0 Å². The van der Waals surface area contributed by atoms with E-state index in [0.717, 1.165) is 5.56 Å². The lowest BCUT2D eigenvalue weighted by Crippen LogP contribution is -2.10. The van der Waals surface area contributed by atoms with E-state index in [0.29, 0.717) is 11.7 Å². The van der Waals surface area contributed by atoms with Gasteiger partial charge in [0.2, 0.25) is 0 Å². The quantitative estimate of drug-likeness (QED) is 0.700. The molecule has 0 unspecified atom stereocenters. The minimum absolute atomic E-state index is 0.0331. The highest BCUT2D eigenvalue weighted by Gasteiger charge is 2.16. The molecule has 1 nitrogen and oxygen atoms in total. The Morgan fingerprint density at radius 2 is 1.38 bits per heavy atom. The van der Waals surface area contributed by atoms with Crippen molar-refractivity contribution in [2.24, 2.45) is 0 Å². The first-order valence-electron chi connectivity index (χ1n) is 7.57. The van der Waals surface area contributed by atoms with Crippen molar-refractivity contribution in [3.8, 4) is 5.75 Å². The van der Waals surface area contributed by atoms with Gasteiger partial charge in [-0.3, -0.25) is 0 Å². The van der Waals surface area contributed by atoms with Crippen LogP contribution in [-0.4, -0.2) is 5.11 Å². The van der Waals surface area contributed by atoms with Crippen molar-refractivity contribution in [2.45, 2.75) is 52.9 Å². The van der Waals surface area contributed by atoms with Crippen LogP contribution in [0.4, 0.5) is 0 Å². The minimum Gasteiger partial charge on any atom is -0.508 e. The summed E-state index contributed by atoms with van der Waals surface area (Å²) in [6.45, 7) is 12.8. The molecule has 1 heteroatoms. The number of hydrogen-bond donors (Lipinski definition) is 1. The van der Waals surface area contributed by atoms with Gasteiger partial charge in [0.1, 0.15) is 5.75 Å². The Labute approximate surface area is 129 Å². The Bertz CT molecular complexity index is 545. The van der Waals surface area contributed by atoms with Crippen LogP contribution >= 0.6 is 0 Å². The molecule has 0 atom stereocenters.